The lowest BCUT2D eigenvalue weighted by atomic mass is 9.95. The van der Waals surface area contributed by atoms with E-state index in [1.165, 1.54) is 23.1 Å². The minimum Gasteiger partial charge on any atom is -0.0999 e. The number of hydrogen-bond acceptors (Lipinski definition) is 0. The van der Waals surface area contributed by atoms with E-state index < -0.39 is 0 Å². The summed E-state index contributed by atoms with van der Waals surface area (Å²) in [4.78, 5) is 0. The van der Waals surface area contributed by atoms with Crippen molar-refractivity contribution in [3.63, 3.8) is 0 Å². The Morgan fingerprint density at radius 2 is 1.35 bits per heavy atom. The molecule has 1 atom stereocenters. The van der Waals surface area contributed by atoms with Gasteiger partial charge in [0.15, 0.2) is 0 Å². The Hall–Kier alpha value is -1.04. The van der Waals surface area contributed by atoms with E-state index in [1.54, 1.807) is 0 Å². The summed E-state index contributed by atoms with van der Waals surface area (Å²) in [5.41, 5.74) is 3.99. The molecular formula is C20H38. The van der Waals surface area contributed by atoms with Crippen molar-refractivity contribution in [2.45, 2.75) is 75.2 Å². The molecule has 1 unspecified atom stereocenters. The summed E-state index contributed by atoms with van der Waals surface area (Å²) in [5, 5.41) is 0. The largest absolute Gasteiger partial charge is 0.0999 e. The van der Waals surface area contributed by atoms with Crippen LogP contribution in [-0.2, 0) is 6.42 Å². The smallest absolute Gasteiger partial charge is 0.0197 e. The van der Waals surface area contributed by atoms with Crippen LogP contribution >= 0.6 is 0 Å². The van der Waals surface area contributed by atoms with Crippen molar-refractivity contribution in [1.29, 1.82) is 0 Å². The van der Waals surface area contributed by atoms with E-state index in [2.05, 4.69) is 65.5 Å². The van der Waals surface area contributed by atoms with Crippen LogP contribution in [0.3, 0.4) is 0 Å². The standard InChI is InChI=1S/C13H18.C3H8.2C2H6/c1-10(2)12(4)9-13-7-5-11(3)6-8-13;1-3-2;2*1-2/h5-8,12H,1,9H2,2-4H3;3H2,1-2H3;2*1-2H3. The van der Waals surface area contributed by atoms with E-state index in [-0.39, 0.29) is 0 Å². The molecule has 1 aromatic rings. The van der Waals surface area contributed by atoms with Gasteiger partial charge >= 0.3 is 0 Å². The van der Waals surface area contributed by atoms with Crippen molar-refractivity contribution >= 4 is 0 Å². The summed E-state index contributed by atoms with van der Waals surface area (Å²) >= 11 is 0. The van der Waals surface area contributed by atoms with Gasteiger partial charge in [-0.15, -0.1) is 0 Å². The first-order valence-electron chi connectivity index (χ1n) is 8.22. The van der Waals surface area contributed by atoms with Gasteiger partial charge in [0.05, 0.1) is 0 Å². The second-order valence-corrected chi connectivity index (χ2v) is 4.64. The molecule has 0 aliphatic heterocycles. The predicted octanol–water partition coefficient (Wildman–Crippen LogP) is 7.22. The Bertz CT molecular complexity index is 292. The topological polar surface area (TPSA) is 0 Å². The van der Waals surface area contributed by atoms with Crippen LogP contribution in [0.15, 0.2) is 36.4 Å². The molecule has 118 valence electrons. The zero-order valence-corrected chi connectivity index (χ0v) is 15.5. The molecule has 1 rings (SSSR count). The van der Waals surface area contributed by atoms with Gasteiger partial charge in [-0.1, -0.05) is 96.9 Å². The Labute approximate surface area is 129 Å². The van der Waals surface area contributed by atoms with Crippen molar-refractivity contribution in [3.05, 3.63) is 47.5 Å². The monoisotopic (exact) mass is 278 g/mol. The maximum absolute atomic E-state index is 3.97. The van der Waals surface area contributed by atoms with Crippen LogP contribution in [0, 0.1) is 12.8 Å². The van der Waals surface area contributed by atoms with Gasteiger partial charge in [-0.05, 0) is 31.7 Å². The maximum Gasteiger partial charge on any atom is -0.0197 e. The lowest BCUT2D eigenvalue weighted by Gasteiger charge is -2.10. The Morgan fingerprint density at radius 1 is 1.00 bits per heavy atom. The van der Waals surface area contributed by atoms with Gasteiger partial charge in [0, 0.05) is 0 Å². The van der Waals surface area contributed by atoms with Gasteiger partial charge in [0.2, 0.25) is 0 Å². The molecule has 0 N–H and O–H groups in total. The molecule has 0 amide bonds. The molecular weight excluding hydrogens is 240 g/mol. The van der Waals surface area contributed by atoms with Crippen LogP contribution in [0.5, 0.6) is 0 Å². The lowest BCUT2D eigenvalue weighted by molar-refractivity contribution is 0.680. The molecule has 0 nitrogen and oxygen atoms in total. The summed E-state index contributed by atoms with van der Waals surface area (Å²) in [6.07, 6.45) is 2.36. The molecule has 0 fully saturated rings. The van der Waals surface area contributed by atoms with Gasteiger partial charge in [-0.3, -0.25) is 0 Å². The first-order chi connectivity index (χ1) is 9.51. The summed E-state index contributed by atoms with van der Waals surface area (Å²) in [6, 6.07) is 8.74. The van der Waals surface area contributed by atoms with Gasteiger partial charge in [-0.25, -0.2) is 0 Å². The second-order valence-electron chi connectivity index (χ2n) is 4.64. The molecule has 1 aromatic carbocycles. The number of aryl methyl sites for hydroxylation is 1. The van der Waals surface area contributed by atoms with Crippen molar-refractivity contribution in [1.82, 2.24) is 0 Å². The third kappa shape index (κ3) is 15.0. The molecule has 0 aromatic heterocycles. The molecule has 0 spiro atoms. The van der Waals surface area contributed by atoms with Gasteiger partial charge in [0.25, 0.3) is 0 Å². The van der Waals surface area contributed by atoms with Crippen molar-refractivity contribution in [2.24, 2.45) is 5.92 Å². The lowest BCUT2D eigenvalue weighted by Crippen LogP contribution is -1.99. The summed E-state index contributed by atoms with van der Waals surface area (Å²) in [5.74, 6) is 0.586. The molecule has 0 heteroatoms. The Kier molecular flexibility index (Phi) is 21.6. The van der Waals surface area contributed by atoms with Gasteiger partial charge in [0.1, 0.15) is 0 Å². The fraction of sp³-hybridized carbons (Fsp3) is 0.600. The first-order valence-corrected chi connectivity index (χ1v) is 8.22. The minimum atomic E-state index is 0.586. The second kappa shape index (κ2) is 18.0. The third-order valence-corrected chi connectivity index (χ3v) is 2.50. The van der Waals surface area contributed by atoms with Crippen molar-refractivity contribution in [3.8, 4) is 0 Å². The summed E-state index contributed by atoms with van der Waals surface area (Å²) < 4.78 is 0. The fourth-order valence-corrected chi connectivity index (χ4v) is 1.25. The van der Waals surface area contributed by atoms with Crippen LogP contribution in [0.4, 0.5) is 0 Å². The maximum atomic E-state index is 3.97. The van der Waals surface area contributed by atoms with Crippen LogP contribution in [-0.4, -0.2) is 0 Å². The number of benzene rings is 1. The molecule has 0 aliphatic rings. The fourth-order valence-electron chi connectivity index (χ4n) is 1.25. The third-order valence-electron chi connectivity index (χ3n) is 2.50. The van der Waals surface area contributed by atoms with E-state index in [0.717, 1.165) is 6.42 Å². The molecule has 0 saturated heterocycles. The molecule has 0 aliphatic carbocycles. The normalized spacial score (nSPS) is 9.65. The highest BCUT2D eigenvalue weighted by Crippen LogP contribution is 2.14. The number of rotatable bonds is 3. The van der Waals surface area contributed by atoms with Crippen LogP contribution in [0.1, 0.15) is 72.9 Å². The van der Waals surface area contributed by atoms with Crippen LogP contribution in [0.25, 0.3) is 0 Å². The predicted molar refractivity (Wildman–Crippen MR) is 97.5 cm³/mol. The van der Waals surface area contributed by atoms with E-state index in [1.807, 2.05) is 27.7 Å². The van der Waals surface area contributed by atoms with E-state index in [4.69, 9.17) is 0 Å². The average molecular weight is 279 g/mol. The van der Waals surface area contributed by atoms with Gasteiger partial charge < -0.3 is 0 Å². The number of allylic oxidation sites excluding steroid dienone is 1. The van der Waals surface area contributed by atoms with E-state index in [0.29, 0.717) is 5.92 Å². The highest BCUT2D eigenvalue weighted by Gasteiger charge is 2.03. The summed E-state index contributed by atoms with van der Waals surface area (Å²) in [7, 11) is 0. The van der Waals surface area contributed by atoms with E-state index in [9.17, 15) is 0 Å². The average Bonchev–Trinajstić information content (AvgIpc) is 2.46. The molecule has 0 radical (unpaired) electrons. The van der Waals surface area contributed by atoms with E-state index >= 15 is 0 Å². The highest BCUT2D eigenvalue weighted by atomic mass is 14.1. The van der Waals surface area contributed by atoms with Crippen molar-refractivity contribution in [2.75, 3.05) is 0 Å². The molecule has 0 bridgehead atoms. The Balaban J connectivity index is -0.000000355. The van der Waals surface area contributed by atoms with Gasteiger partial charge in [-0.2, -0.15) is 0 Å². The molecule has 0 heterocycles. The SMILES string of the molecule is C=C(C)C(C)Cc1ccc(C)cc1.CC.CC.CCC. The molecule has 20 heavy (non-hydrogen) atoms. The number of hydrogen-bond donors (Lipinski definition) is 0. The highest BCUT2D eigenvalue weighted by molar-refractivity contribution is 5.22. The van der Waals surface area contributed by atoms with Crippen LogP contribution < -0.4 is 0 Å². The first kappa shape index (κ1) is 24.0. The minimum absolute atomic E-state index is 0.586. The van der Waals surface area contributed by atoms with Crippen molar-refractivity contribution < 1.29 is 0 Å². The molecule has 0 saturated carbocycles. The zero-order valence-electron chi connectivity index (χ0n) is 15.5. The zero-order chi connectivity index (χ0) is 16.6. The summed E-state index contributed by atoms with van der Waals surface area (Å²) in [6.45, 7) is 22.7. The quantitative estimate of drug-likeness (QED) is 0.512. The Morgan fingerprint density at radius 3 is 1.65 bits per heavy atom. The van der Waals surface area contributed by atoms with Crippen LogP contribution in [0.2, 0.25) is 0 Å².